The SMILES string of the molecule is CC#CC(CC)OC(=O)CCCC(=O)OCCCCCCCCCCCCCCCCCC. The standard InChI is InChI=1S/C29H52O4/c1-4-7-8-9-10-11-12-13-14-15-16-17-18-19-20-21-26-32-28(30)24-22-25-29(31)33-27(6-3)23-5-2/h27H,4,6-22,24-26H2,1-3H3. The topological polar surface area (TPSA) is 52.6 Å². The van der Waals surface area contributed by atoms with Gasteiger partial charge in [-0.3, -0.25) is 9.59 Å². The van der Waals surface area contributed by atoms with Crippen molar-refractivity contribution in [2.75, 3.05) is 6.61 Å². The van der Waals surface area contributed by atoms with Crippen LogP contribution in [0, 0.1) is 11.8 Å². The first-order chi connectivity index (χ1) is 16.1. The van der Waals surface area contributed by atoms with Crippen LogP contribution in [0.1, 0.15) is 149 Å². The molecule has 1 unspecified atom stereocenters. The zero-order valence-electron chi connectivity index (χ0n) is 22.1. The van der Waals surface area contributed by atoms with Crippen LogP contribution >= 0.6 is 0 Å². The Balaban J connectivity index is 3.34. The molecule has 33 heavy (non-hydrogen) atoms. The lowest BCUT2D eigenvalue weighted by atomic mass is 10.0. The first kappa shape index (κ1) is 31.5. The lowest BCUT2D eigenvalue weighted by Gasteiger charge is -2.10. The molecule has 0 saturated heterocycles. The molecule has 4 heteroatoms. The van der Waals surface area contributed by atoms with Gasteiger partial charge < -0.3 is 9.47 Å². The Bertz CT molecular complexity index is 517. The van der Waals surface area contributed by atoms with Crippen molar-refractivity contribution in [2.45, 2.75) is 155 Å². The van der Waals surface area contributed by atoms with Crippen molar-refractivity contribution in [1.82, 2.24) is 0 Å². The molecular weight excluding hydrogens is 412 g/mol. The summed E-state index contributed by atoms with van der Waals surface area (Å²) in [6, 6.07) is 0. The van der Waals surface area contributed by atoms with Gasteiger partial charge in [0.25, 0.3) is 0 Å². The van der Waals surface area contributed by atoms with Crippen molar-refractivity contribution >= 4 is 11.9 Å². The zero-order chi connectivity index (χ0) is 24.4. The van der Waals surface area contributed by atoms with Crippen molar-refractivity contribution < 1.29 is 19.1 Å². The number of carbonyl (C=O) groups is 2. The summed E-state index contributed by atoms with van der Waals surface area (Å²) in [5, 5.41) is 0. The van der Waals surface area contributed by atoms with E-state index in [9.17, 15) is 9.59 Å². The highest BCUT2D eigenvalue weighted by Crippen LogP contribution is 2.14. The number of esters is 2. The molecule has 0 N–H and O–H groups in total. The van der Waals surface area contributed by atoms with E-state index in [1.54, 1.807) is 6.92 Å². The minimum absolute atomic E-state index is 0.218. The van der Waals surface area contributed by atoms with Crippen molar-refractivity contribution in [3.8, 4) is 11.8 Å². The van der Waals surface area contributed by atoms with Gasteiger partial charge in [0, 0.05) is 12.8 Å². The lowest BCUT2D eigenvalue weighted by molar-refractivity contribution is -0.147. The molecule has 0 saturated carbocycles. The highest BCUT2D eigenvalue weighted by molar-refractivity contribution is 5.72. The molecule has 0 radical (unpaired) electrons. The van der Waals surface area contributed by atoms with Crippen LogP contribution in [-0.4, -0.2) is 24.6 Å². The van der Waals surface area contributed by atoms with E-state index in [4.69, 9.17) is 9.47 Å². The van der Waals surface area contributed by atoms with Gasteiger partial charge >= 0.3 is 11.9 Å². The Morgan fingerprint density at radius 2 is 1.09 bits per heavy atom. The van der Waals surface area contributed by atoms with Gasteiger partial charge in [-0.05, 0) is 26.2 Å². The zero-order valence-corrected chi connectivity index (χ0v) is 22.1. The van der Waals surface area contributed by atoms with Gasteiger partial charge in [-0.25, -0.2) is 0 Å². The van der Waals surface area contributed by atoms with Crippen LogP contribution in [0.5, 0.6) is 0 Å². The molecule has 0 heterocycles. The second-order valence-electron chi connectivity index (χ2n) is 9.16. The average molecular weight is 465 g/mol. The van der Waals surface area contributed by atoms with Crippen LogP contribution in [0.3, 0.4) is 0 Å². The molecular formula is C29H52O4. The summed E-state index contributed by atoms with van der Waals surface area (Å²) < 4.78 is 10.5. The molecule has 4 nitrogen and oxygen atoms in total. The average Bonchev–Trinajstić information content (AvgIpc) is 2.80. The second kappa shape index (κ2) is 25.1. The smallest absolute Gasteiger partial charge is 0.307 e. The first-order valence-corrected chi connectivity index (χ1v) is 13.9. The number of hydrogen-bond acceptors (Lipinski definition) is 4. The molecule has 0 fully saturated rings. The Morgan fingerprint density at radius 1 is 0.636 bits per heavy atom. The van der Waals surface area contributed by atoms with Crippen molar-refractivity contribution in [1.29, 1.82) is 0 Å². The minimum atomic E-state index is -0.343. The Morgan fingerprint density at radius 3 is 1.55 bits per heavy atom. The molecule has 0 rings (SSSR count). The quantitative estimate of drug-likeness (QED) is 0.0866. The summed E-state index contributed by atoms with van der Waals surface area (Å²) >= 11 is 0. The molecule has 192 valence electrons. The largest absolute Gasteiger partial charge is 0.466 e. The van der Waals surface area contributed by atoms with Gasteiger partial charge in [0.2, 0.25) is 0 Å². The molecule has 0 aromatic carbocycles. The molecule has 0 aliphatic heterocycles. The number of rotatable bonds is 23. The van der Waals surface area contributed by atoms with E-state index >= 15 is 0 Å². The number of carbonyl (C=O) groups excluding carboxylic acids is 2. The van der Waals surface area contributed by atoms with Crippen LogP contribution in [-0.2, 0) is 19.1 Å². The number of ether oxygens (including phenoxy) is 2. The summed E-state index contributed by atoms with van der Waals surface area (Å²) in [6.45, 7) is 6.42. The van der Waals surface area contributed by atoms with Crippen LogP contribution in [0.25, 0.3) is 0 Å². The van der Waals surface area contributed by atoms with Gasteiger partial charge in [-0.15, -0.1) is 5.92 Å². The Hall–Kier alpha value is -1.50. The van der Waals surface area contributed by atoms with Gasteiger partial charge in [0.15, 0.2) is 6.10 Å². The highest BCUT2D eigenvalue weighted by Gasteiger charge is 2.11. The maximum Gasteiger partial charge on any atom is 0.307 e. The van der Waals surface area contributed by atoms with Crippen molar-refractivity contribution in [2.24, 2.45) is 0 Å². The molecule has 0 spiro atoms. The van der Waals surface area contributed by atoms with Gasteiger partial charge in [-0.1, -0.05) is 116 Å². The van der Waals surface area contributed by atoms with Gasteiger partial charge in [0.05, 0.1) is 6.61 Å². The van der Waals surface area contributed by atoms with Crippen LogP contribution in [0.15, 0.2) is 0 Å². The molecule has 0 amide bonds. The molecule has 0 aliphatic rings. The predicted molar refractivity (Wildman–Crippen MR) is 138 cm³/mol. The minimum Gasteiger partial charge on any atom is -0.466 e. The van der Waals surface area contributed by atoms with E-state index in [1.807, 2.05) is 6.92 Å². The highest BCUT2D eigenvalue weighted by atomic mass is 16.5. The monoisotopic (exact) mass is 464 g/mol. The maximum absolute atomic E-state index is 11.8. The molecule has 0 aromatic rings. The van der Waals surface area contributed by atoms with Gasteiger partial charge in [0.1, 0.15) is 0 Å². The second-order valence-corrected chi connectivity index (χ2v) is 9.16. The summed E-state index contributed by atoms with van der Waals surface area (Å²) in [6.07, 6.45) is 22.6. The van der Waals surface area contributed by atoms with E-state index in [-0.39, 0.29) is 30.9 Å². The van der Waals surface area contributed by atoms with Crippen LogP contribution < -0.4 is 0 Å². The van der Waals surface area contributed by atoms with E-state index < -0.39 is 0 Å². The lowest BCUT2D eigenvalue weighted by Crippen LogP contribution is -2.16. The van der Waals surface area contributed by atoms with Crippen molar-refractivity contribution in [3.05, 3.63) is 0 Å². The number of hydrogen-bond donors (Lipinski definition) is 0. The van der Waals surface area contributed by atoms with E-state index in [0.29, 0.717) is 19.4 Å². The summed E-state index contributed by atoms with van der Waals surface area (Å²) in [5.74, 6) is 5.10. The first-order valence-electron chi connectivity index (χ1n) is 13.9. The van der Waals surface area contributed by atoms with Crippen LogP contribution in [0.2, 0.25) is 0 Å². The maximum atomic E-state index is 11.8. The fourth-order valence-corrected chi connectivity index (χ4v) is 3.88. The van der Waals surface area contributed by atoms with E-state index in [0.717, 1.165) is 12.8 Å². The normalized spacial score (nSPS) is 11.5. The van der Waals surface area contributed by atoms with Gasteiger partial charge in [-0.2, -0.15) is 0 Å². The molecule has 0 aromatic heterocycles. The molecule has 0 bridgehead atoms. The predicted octanol–water partition coefficient (Wildman–Crippen LogP) is 8.31. The van der Waals surface area contributed by atoms with E-state index in [2.05, 4.69) is 18.8 Å². The third kappa shape index (κ3) is 23.5. The summed E-state index contributed by atoms with van der Waals surface area (Å²) in [7, 11) is 0. The number of unbranched alkanes of at least 4 members (excludes halogenated alkanes) is 15. The fraction of sp³-hybridized carbons (Fsp3) is 0.862. The fourth-order valence-electron chi connectivity index (χ4n) is 3.88. The Labute approximate surface area is 205 Å². The summed E-state index contributed by atoms with van der Waals surface area (Å²) in [5.41, 5.74) is 0. The molecule has 1 atom stereocenters. The summed E-state index contributed by atoms with van der Waals surface area (Å²) in [4.78, 5) is 23.5. The van der Waals surface area contributed by atoms with Crippen molar-refractivity contribution in [3.63, 3.8) is 0 Å². The molecule has 0 aliphatic carbocycles. The van der Waals surface area contributed by atoms with E-state index in [1.165, 1.54) is 89.9 Å². The van der Waals surface area contributed by atoms with Crippen LogP contribution in [0.4, 0.5) is 0 Å². The third-order valence-electron chi connectivity index (χ3n) is 5.97. The third-order valence-corrected chi connectivity index (χ3v) is 5.97. The Kier molecular flexibility index (Phi) is 24.0.